The van der Waals surface area contributed by atoms with Crippen molar-refractivity contribution < 1.29 is 30.6 Å². The molecule has 0 radical (unpaired) electrons. The number of carbonyl (C=O) groups excluding carboxylic acids is 1. The number of alkyl halides is 3. The zero-order valence-electron chi connectivity index (χ0n) is 19.1. The van der Waals surface area contributed by atoms with Gasteiger partial charge in [0.25, 0.3) is 0 Å². The number of likely N-dealkylation sites (N-methyl/N-ethyl adjacent to an activating group) is 1. The lowest BCUT2D eigenvalue weighted by Gasteiger charge is -2.28. The van der Waals surface area contributed by atoms with Crippen molar-refractivity contribution in [2.75, 3.05) is 26.2 Å². The number of nitrogens with zero attached hydrogens (tertiary/aromatic N) is 2. The maximum atomic E-state index is 12.4. The van der Waals surface area contributed by atoms with Crippen molar-refractivity contribution in [2.24, 2.45) is 0 Å². The van der Waals surface area contributed by atoms with E-state index in [-0.39, 0.29) is 30.1 Å². The van der Waals surface area contributed by atoms with E-state index in [9.17, 15) is 26.4 Å². The highest BCUT2D eigenvalue weighted by Crippen LogP contribution is 2.27. The maximum absolute atomic E-state index is 12.4. The maximum Gasteiger partial charge on any atom is 0.534 e. The van der Waals surface area contributed by atoms with Crippen LogP contribution in [-0.2, 0) is 21.3 Å². The molecule has 0 N–H and O–H groups in total. The molecule has 0 bridgehead atoms. The molecule has 2 rings (SSSR count). The Kier molecular flexibility index (Phi) is 12.0. The van der Waals surface area contributed by atoms with Gasteiger partial charge in [-0.2, -0.15) is 21.6 Å². The Hall–Kier alpha value is -1.52. The average Bonchev–Trinajstić information content (AvgIpc) is 2.92. The van der Waals surface area contributed by atoms with E-state index >= 15 is 0 Å². The van der Waals surface area contributed by atoms with E-state index in [4.69, 9.17) is 0 Å². The molecule has 0 saturated carbocycles. The molecule has 1 saturated heterocycles. The standard InChI is InChI=1S/C22H33F3N2O4S.ClH/c1-3-26(14-7-8-16-27-15-6-4-5-9-21(27)28)18(2)17-19-10-12-20(13-11-19)31-32(29,30)22(23,24)25;/h10-13,18H,3-9,14-17H2,1-2H3;1H. The summed E-state index contributed by atoms with van der Waals surface area (Å²) in [7, 11) is -5.66. The number of hydrogen-bond donors (Lipinski definition) is 0. The summed E-state index contributed by atoms with van der Waals surface area (Å²) in [6, 6.07) is 5.83. The fourth-order valence-corrected chi connectivity index (χ4v) is 4.37. The molecule has 11 heteroatoms. The van der Waals surface area contributed by atoms with E-state index < -0.39 is 15.6 Å². The largest absolute Gasteiger partial charge is 0.534 e. The molecule has 1 aliphatic heterocycles. The number of halogens is 4. The third-order valence-electron chi connectivity index (χ3n) is 5.77. The second-order valence-corrected chi connectivity index (χ2v) is 9.75. The van der Waals surface area contributed by atoms with Gasteiger partial charge in [0.1, 0.15) is 5.75 Å². The minimum absolute atomic E-state index is 0. The fraction of sp³-hybridized carbons (Fsp3) is 0.682. The Morgan fingerprint density at radius 2 is 1.79 bits per heavy atom. The number of hydrogen-bond acceptors (Lipinski definition) is 5. The highest BCUT2D eigenvalue weighted by atomic mass is 35.5. The molecular formula is C22H34ClF3N2O4S. The zero-order chi connectivity index (χ0) is 23.8. The predicted molar refractivity (Wildman–Crippen MR) is 124 cm³/mol. The summed E-state index contributed by atoms with van der Waals surface area (Å²) in [6.07, 6.45) is 6.44. The van der Waals surface area contributed by atoms with E-state index in [0.29, 0.717) is 12.8 Å². The van der Waals surface area contributed by atoms with Gasteiger partial charge in [0.15, 0.2) is 0 Å². The molecule has 1 aliphatic rings. The molecule has 1 fully saturated rings. The summed E-state index contributed by atoms with van der Waals surface area (Å²) >= 11 is 0. The molecule has 6 nitrogen and oxygen atoms in total. The summed E-state index contributed by atoms with van der Waals surface area (Å²) in [6.45, 7) is 7.57. The molecule has 0 spiro atoms. The lowest BCUT2D eigenvalue weighted by molar-refractivity contribution is -0.130. The Morgan fingerprint density at radius 3 is 2.39 bits per heavy atom. The monoisotopic (exact) mass is 514 g/mol. The summed E-state index contributed by atoms with van der Waals surface area (Å²) < 4.78 is 63.6. The van der Waals surface area contributed by atoms with Crippen molar-refractivity contribution in [1.82, 2.24) is 9.80 Å². The Morgan fingerprint density at radius 1 is 1.12 bits per heavy atom. The van der Waals surface area contributed by atoms with Crippen LogP contribution >= 0.6 is 12.4 Å². The first-order valence-corrected chi connectivity index (χ1v) is 12.6. The highest BCUT2D eigenvalue weighted by Gasteiger charge is 2.48. The van der Waals surface area contributed by atoms with Crippen molar-refractivity contribution in [3.8, 4) is 5.75 Å². The van der Waals surface area contributed by atoms with E-state index in [2.05, 4.69) is 22.9 Å². The molecule has 0 aromatic heterocycles. The van der Waals surface area contributed by atoms with Crippen LogP contribution in [0.2, 0.25) is 0 Å². The number of benzene rings is 1. The lowest BCUT2D eigenvalue weighted by Crippen LogP contribution is -2.36. The molecular weight excluding hydrogens is 481 g/mol. The molecule has 0 aliphatic carbocycles. The van der Waals surface area contributed by atoms with Gasteiger partial charge in [0.2, 0.25) is 5.91 Å². The Balaban J connectivity index is 0.00000544. The van der Waals surface area contributed by atoms with Gasteiger partial charge in [-0.1, -0.05) is 25.5 Å². The number of carbonyl (C=O) groups is 1. The second-order valence-electron chi connectivity index (χ2n) is 8.21. The number of likely N-dealkylation sites (tertiary alicyclic amines) is 1. The van der Waals surface area contributed by atoms with Gasteiger partial charge >= 0.3 is 15.6 Å². The number of amides is 1. The molecule has 1 unspecified atom stereocenters. The quantitative estimate of drug-likeness (QED) is 0.242. The van der Waals surface area contributed by atoms with E-state index in [0.717, 1.165) is 63.8 Å². The van der Waals surface area contributed by atoms with Crippen molar-refractivity contribution in [3.05, 3.63) is 29.8 Å². The van der Waals surface area contributed by atoms with Gasteiger partial charge in [-0.05, 0) is 69.8 Å². The number of rotatable bonds is 11. The van der Waals surface area contributed by atoms with Crippen LogP contribution in [0.25, 0.3) is 0 Å². The van der Waals surface area contributed by atoms with E-state index in [1.54, 1.807) is 12.1 Å². The van der Waals surface area contributed by atoms with Crippen LogP contribution in [0.1, 0.15) is 57.9 Å². The van der Waals surface area contributed by atoms with Crippen LogP contribution < -0.4 is 4.18 Å². The van der Waals surface area contributed by atoms with E-state index in [1.165, 1.54) is 12.1 Å². The first-order chi connectivity index (χ1) is 15.0. The van der Waals surface area contributed by atoms with Crippen molar-refractivity contribution in [2.45, 2.75) is 70.3 Å². The van der Waals surface area contributed by atoms with Gasteiger partial charge in [-0.3, -0.25) is 4.79 Å². The summed E-state index contributed by atoms with van der Waals surface area (Å²) in [5.74, 6) is -0.104. The average molecular weight is 515 g/mol. The highest BCUT2D eigenvalue weighted by molar-refractivity contribution is 7.88. The Labute approximate surface area is 201 Å². The van der Waals surface area contributed by atoms with Gasteiger partial charge < -0.3 is 14.0 Å². The molecule has 1 heterocycles. The zero-order valence-corrected chi connectivity index (χ0v) is 20.8. The van der Waals surface area contributed by atoms with Crippen molar-refractivity contribution in [1.29, 1.82) is 0 Å². The van der Waals surface area contributed by atoms with Gasteiger partial charge in [-0.15, -0.1) is 12.4 Å². The fourth-order valence-electron chi connectivity index (χ4n) is 3.91. The van der Waals surface area contributed by atoms with Gasteiger partial charge in [0.05, 0.1) is 0 Å². The molecule has 1 aromatic rings. The Bertz CT molecular complexity index is 835. The van der Waals surface area contributed by atoms with Crippen LogP contribution in [0.4, 0.5) is 13.2 Å². The molecule has 1 atom stereocenters. The predicted octanol–water partition coefficient (Wildman–Crippen LogP) is 4.77. The van der Waals surface area contributed by atoms with Crippen LogP contribution in [0.15, 0.2) is 24.3 Å². The van der Waals surface area contributed by atoms with Crippen molar-refractivity contribution in [3.63, 3.8) is 0 Å². The second kappa shape index (κ2) is 13.4. The topological polar surface area (TPSA) is 66.9 Å². The molecule has 33 heavy (non-hydrogen) atoms. The minimum atomic E-state index is -5.66. The molecule has 1 amide bonds. The van der Waals surface area contributed by atoms with Gasteiger partial charge in [-0.25, -0.2) is 0 Å². The van der Waals surface area contributed by atoms with Crippen LogP contribution in [0.5, 0.6) is 5.75 Å². The SMILES string of the molecule is CCN(CCCCN1CCCCCC1=O)C(C)Cc1ccc(OS(=O)(=O)C(F)(F)F)cc1.Cl. The summed E-state index contributed by atoms with van der Waals surface area (Å²) in [5, 5.41) is 0. The van der Waals surface area contributed by atoms with E-state index in [1.807, 2.05) is 4.90 Å². The first-order valence-electron chi connectivity index (χ1n) is 11.1. The lowest BCUT2D eigenvalue weighted by atomic mass is 10.1. The minimum Gasteiger partial charge on any atom is -0.376 e. The summed E-state index contributed by atoms with van der Waals surface area (Å²) in [4.78, 5) is 16.4. The van der Waals surface area contributed by atoms with Crippen LogP contribution in [-0.4, -0.2) is 61.9 Å². The first kappa shape index (κ1) is 29.5. The smallest absolute Gasteiger partial charge is 0.376 e. The van der Waals surface area contributed by atoms with Crippen LogP contribution in [0, 0.1) is 0 Å². The number of unbranched alkanes of at least 4 members (excludes halogenated alkanes) is 1. The van der Waals surface area contributed by atoms with Crippen molar-refractivity contribution >= 4 is 28.4 Å². The third-order valence-corrected chi connectivity index (χ3v) is 6.75. The molecule has 190 valence electrons. The molecule has 1 aromatic carbocycles. The van der Waals surface area contributed by atoms with Crippen LogP contribution in [0.3, 0.4) is 0 Å². The van der Waals surface area contributed by atoms with Gasteiger partial charge in [0, 0.05) is 25.6 Å². The normalized spacial score (nSPS) is 16.3. The third kappa shape index (κ3) is 9.33. The summed E-state index contributed by atoms with van der Waals surface area (Å²) in [5.41, 5.74) is -4.58.